The first-order valence-electron chi connectivity index (χ1n) is 10.4. The number of nitrogens with zero attached hydrogens (tertiary/aromatic N) is 3. The van der Waals surface area contributed by atoms with Gasteiger partial charge in [-0.25, -0.2) is 18.2 Å². The van der Waals surface area contributed by atoms with E-state index >= 15 is 4.39 Å². The van der Waals surface area contributed by atoms with Gasteiger partial charge in [0.1, 0.15) is 34.4 Å². The van der Waals surface area contributed by atoms with Gasteiger partial charge in [0.05, 0.1) is 16.5 Å². The first kappa shape index (κ1) is 24.6. The second kappa shape index (κ2) is 7.99. The van der Waals surface area contributed by atoms with Gasteiger partial charge in [-0.15, -0.1) is 0 Å². The van der Waals surface area contributed by atoms with Gasteiger partial charge < -0.3 is 11.1 Å². The molecule has 0 saturated carbocycles. The number of rotatable bonds is 3. The van der Waals surface area contributed by atoms with E-state index in [1.807, 2.05) is 0 Å². The lowest BCUT2D eigenvalue weighted by atomic mass is 9.88. The lowest BCUT2D eigenvalue weighted by Crippen LogP contribution is -2.72. The molecule has 4 heterocycles. The van der Waals surface area contributed by atoms with E-state index in [1.165, 1.54) is 31.3 Å². The number of amidine groups is 1. The molecule has 1 amide bonds. The summed E-state index contributed by atoms with van der Waals surface area (Å²) in [5, 5.41) is 1.48. The van der Waals surface area contributed by atoms with Crippen LogP contribution in [0.25, 0.3) is 0 Å². The number of amides is 1. The molecule has 0 aliphatic carbocycles. The van der Waals surface area contributed by atoms with Crippen LogP contribution < -0.4 is 15.8 Å². The Labute approximate surface area is 200 Å². The number of carbonyl (C=O) groups excluding carboxylic acids is 1. The second-order valence-corrected chi connectivity index (χ2v) is 12.9. The molecule has 8 nitrogen and oxygen atoms in total. The summed E-state index contributed by atoms with van der Waals surface area (Å²) < 4.78 is 59.4. The summed E-state index contributed by atoms with van der Waals surface area (Å²) in [7, 11) is -3.66. The van der Waals surface area contributed by atoms with Crippen LogP contribution in [0.3, 0.4) is 0 Å². The van der Waals surface area contributed by atoms with Crippen LogP contribution >= 0.6 is 11.6 Å². The molecule has 2 aromatic heterocycles. The molecule has 2 aliphatic rings. The Morgan fingerprint density at radius 3 is 2.68 bits per heavy atom. The van der Waals surface area contributed by atoms with Gasteiger partial charge in [0.15, 0.2) is 0 Å². The maximum absolute atomic E-state index is 15.1. The molecule has 13 heteroatoms. The molecule has 2 atom stereocenters. The average molecular weight is 517 g/mol. The van der Waals surface area contributed by atoms with Crippen molar-refractivity contribution in [3.05, 3.63) is 52.7 Å². The van der Waals surface area contributed by atoms with Crippen molar-refractivity contribution in [3.8, 4) is 0 Å². The molecule has 0 spiro atoms. The number of aromatic nitrogens is 2. The van der Waals surface area contributed by atoms with Crippen LogP contribution in [0.5, 0.6) is 0 Å². The number of alkyl halides is 2. The zero-order valence-electron chi connectivity index (χ0n) is 18.6. The smallest absolute Gasteiger partial charge is 0.275 e. The van der Waals surface area contributed by atoms with Crippen LogP contribution in [0.2, 0.25) is 5.02 Å². The van der Waals surface area contributed by atoms with E-state index in [0.717, 1.165) is 6.07 Å². The number of fused-ring (bicyclic) bond motifs is 1. The Kier molecular flexibility index (Phi) is 5.77. The Hall–Kier alpha value is -2.57. The van der Waals surface area contributed by atoms with Crippen LogP contribution in [0.15, 0.2) is 35.5 Å². The summed E-state index contributed by atoms with van der Waals surface area (Å²) in [6.07, 6.45) is 0.551. The zero-order valence-corrected chi connectivity index (χ0v) is 20.2. The first-order chi connectivity index (χ1) is 15.7. The molecular weight excluding hydrogens is 493 g/mol. The topological polar surface area (TPSA) is 122 Å². The zero-order chi connectivity index (χ0) is 25.1. The van der Waals surface area contributed by atoms with Gasteiger partial charge in [0.25, 0.3) is 11.8 Å². The Morgan fingerprint density at radius 2 is 2.00 bits per heavy atom. The molecule has 0 radical (unpaired) electrons. The fourth-order valence-electron chi connectivity index (χ4n) is 4.39. The molecule has 4 N–H and O–H groups in total. The fourth-order valence-corrected chi connectivity index (χ4v) is 8.21. The maximum Gasteiger partial charge on any atom is 0.275 e. The van der Waals surface area contributed by atoms with Gasteiger partial charge in [-0.1, -0.05) is 11.6 Å². The molecule has 0 bridgehead atoms. The molecule has 1 saturated heterocycles. The van der Waals surface area contributed by atoms with E-state index in [0.29, 0.717) is 0 Å². The molecule has 0 unspecified atom stereocenters. The maximum atomic E-state index is 15.1. The SMILES string of the molecule is CC1(C)C(N)=N[C@](C)(c2nc(NC(=O)c3cc(Cl)ccn3)ccc2F)[C@H]2CC(F)(F)CN[SH]21=O. The highest BCUT2D eigenvalue weighted by atomic mass is 35.5. The Bertz CT molecular complexity index is 1260. The van der Waals surface area contributed by atoms with Crippen molar-refractivity contribution in [2.24, 2.45) is 10.7 Å². The van der Waals surface area contributed by atoms with Crippen molar-refractivity contribution >= 4 is 39.3 Å². The number of thiol groups is 1. The third-order valence-electron chi connectivity index (χ3n) is 6.48. The number of aliphatic imine (C=N–C) groups is 1. The van der Waals surface area contributed by atoms with Crippen LogP contribution in [0.1, 0.15) is 43.4 Å². The van der Waals surface area contributed by atoms with Crippen molar-refractivity contribution in [2.75, 3.05) is 11.9 Å². The quantitative estimate of drug-likeness (QED) is 0.467. The third kappa shape index (κ3) is 3.87. The van der Waals surface area contributed by atoms with Crippen LogP contribution in [-0.4, -0.2) is 48.4 Å². The van der Waals surface area contributed by atoms with Gasteiger partial charge in [-0.3, -0.25) is 23.7 Å². The van der Waals surface area contributed by atoms with Crippen LogP contribution in [-0.2, 0) is 15.7 Å². The Morgan fingerprint density at radius 1 is 1.29 bits per heavy atom. The highest BCUT2D eigenvalue weighted by molar-refractivity contribution is 8.04. The molecule has 34 heavy (non-hydrogen) atoms. The third-order valence-corrected chi connectivity index (χ3v) is 10.8. The normalized spacial score (nSPS) is 27.7. The van der Waals surface area contributed by atoms with Crippen molar-refractivity contribution < 1.29 is 22.2 Å². The minimum absolute atomic E-state index is 0.00584. The van der Waals surface area contributed by atoms with E-state index in [9.17, 15) is 17.8 Å². The number of nitrogens with two attached hydrogens (primary N) is 1. The lowest BCUT2D eigenvalue weighted by Gasteiger charge is -2.56. The number of anilines is 1. The summed E-state index contributed by atoms with van der Waals surface area (Å²) in [6, 6.07) is 5.06. The fraction of sp³-hybridized carbons (Fsp3) is 0.429. The molecule has 2 aliphatic heterocycles. The van der Waals surface area contributed by atoms with Gasteiger partial charge in [-0.05, 0) is 55.2 Å². The summed E-state index contributed by atoms with van der Waals surface area (Å²) in [5.41, 5.74) is 4.01. The molecule has 4 rings (SSSR count). The van der Waals surface area contributed by atoms with Gasteiger partial charge >= 0.3 is 0 Å². The van der Waals surface area contributed by atoms with Gasteiger partial charge in [0, 0.05) is 17.6 Å². The number of hydrogen-bond acceptors (Lipinski definition) is 6. The second-order valence-electron chi connectivity index (χ2n) is 9.11. The van der Waals surface area contributed by atoms with E-state index in [1.54, 1.807) is 13.8 Å². The lowest BCUT2D eigenvalue weighted by molar-refractivity contribution is -0.0139. The van der Waals surface area contributed by atoms with Gasteiger partial charge in [0.2, 0.25) is 0 Å². The largest absolute Gasteiger partial charge is 0.386 e. The molecular formula is C21H24ClF3N6O2S. The van der Waals surface area contributed by atoms with Crippen molar-refractivity contribution in [3.63, 3.8) is 0 Å². The predicted molar refractivity (Wildman–Crippen MR) is 125 cm³/mol. The van der Waals surface area contributed by atoms with E-state index < -0.39 is 56.3 Å². The van der Waals surface area contributed by atoms with Crippen molar-refractivity contribution in [2.45, 2.75) is 48.7 Å². The van der Waals surface area contributed by atoms with Crippen LogP contribution in [0, 0.1) is 5.82 Å². The standard InChI is InChI=1S/C21H24ClF3N6O2S/c1-19(2)18(26)31-20(3,14-9-21(24,25)10-28-34(14,19)33)16-12(23)4-5-15(29-16)30-17(32)13-8-11(22)6-7-27-13/h4-8,14,34H,9-10H2,1-3H3,(H2,26,31)(H,28,33)(H,29,30,32)/t14-,20+/m1/s1. The van der Waals surface area contributed by atoms with E-state index in [-0.39, 0.29) is 28.1 Å². The van der Waals surface area contributed by atoms with Crippen molar-refractivity contribution in [1.29, 1.82) is 0 Å². The highest BCUT2D eigenvalue weighted by Gasteiger charge is 2.62. The molecule has 184 valence electrons. The number of halogens is 4. The number of hydrogen-bond donors (Lipinski definition) is 4. The number of carbonyl (C=O) groups is 1. The summed E-state index contributed by atoms with van der Waals surface area (Å²) in [6.45, 7) is 3.72. The minimum atomic E-state index is -3.66. The van der Waals surface area contributed by atoms with Crippen LogP contribution in [0.4, 0.5) is 19.0 Å². The predicted octanol–water partition coefficient (Wildman–Crippen LogP) is 2.81. The van der Waals surface area contributed by atoms with Gasteiger partial charge in [-0.2, -0.15) is 0 Å². The van der Waals surface area contributed by atoms with E-state index in [4.69, 9.17) is 17.3 Å². The summed E-state index contributed by atoms with van der Waals surface area (Å²) in [5.74, 6) is -4.86. The summed E-state index contributed by atoms with van der Waals surface area (Å²) in [4.78, 5) is 25.0. The minimum Gasteiger partial charge on any atom is -0.386 e. The highest BCUT2D eigenvalue weighted by Crippen LogP contribution is 2.50. The van der Waals surface area contributed by atoms with Crippen molar-refractivity contribution in [1.82, 2.24) is 14.7 Å². The number of pyridine rings is 2. The first-order valence-corrected chi connectivity index (χ1v) is 12.5. The average Bonchev–Trinajstić information content (AvgIpc) is 2.75. The number of nitrogens with one attached hydrogen (secondary N) is 2. The van der Waals surface area contributed by atoms with E-state index in [2.05, 4.69) is 25.0 Å². The monoisotopic (exact) mass is 516 g/mol. The molecule has 0 aromatic carbocycles. The molecule has 2 aromatic rings. The summed E-state index contributed by atoms with van der Waals surface area (Å²) >= 11 is 5.89. The molecule has 1 fully saturated rings. The Balaban J connectivity index is 1.80.